The van der Waals surface area contributed by atoms with Crippen LogP contribution in [-0.2, 0) is 0 Å². The van der Waals surface area contributed by atoms with Gasteiger partial charge >= 0.3 is 0 Å². The highest BCUT2D eigenvalue weighted by atomic mass is 16.1. The molecule has 0 radical (unpaired) electrons. The Balaban J connectivity index is 1.99. The molecular weight excluding hydrogens is 236 g/mol. The van der Waals surface area contributed by atoms with Crippen LogP contribution in [0.4, 0.5) is 5.69 Å². The molecule has 19 heavy (non-hydrogen) atoms. The molecule has 1 unspecified atom stereocenters. The molecule has 3 heteroatoms. The molecule has 1 atom stereocenters. The number of nitrogens with one attached hydrogen (secondary N) is 1. The minimum atomic E-state index is -0.403. The van der Waals surface area contributed by atoms with Gasteiger partial charge in [0.05, 0.1) is 0 Å². The number of benzene rings is 2. The maximum atomic E-state index is 11.1. The second kappa shape index (κ2) is 6.05. The molecule has 3 nitrogen and oxygen atoms in total. The summed E-state index contributed by atoms with van der Waals surface area (Å²) < 4.78 is 0. The molecule has 3 N–H and O–H groups in total. The first kappa shape index (κ1) is 13.1. The van der Waals surface area contributed by atoms with Gasteiger partial charge < -0.3 is 11.1 Å². The second-order valence-electron chi connectivity index (χ2n) is 4.64. The largest absolute Gasteiger partial charge is 0.384 e. The first-order chi connectivity index (χ1) is 9.16. The fourth-order valence-corrected chi connectivity index (χ4v) is 1.95. The van der Waals surface area contributed by atoms with E-state index in [9.17, 15) is 4.79 Å². The van der Waals surface area contributed by atoms with Gasteiger partial charge in [0.15, 0.2) is 0 Å². The predicted molar refractivity (Wildman–Crippen MR) is 78.3 cm³/mol. The first-order valence-electron chi connectivity index (χ1n) is 6.35. The van der Waals surface area contributed by atoms with Crippen LogP contribution in [0.25, 0.3) is 0 Å². The number of carbonyl (C=O) groups is 1. The van der Waals surface area contributed by atoms with E-state index >= 15 is 0 Å². The van der Waals surface area contributed by atoms with Crippen molar-refractivity contribution in [1.29, 1.82) is 0 Å². The molecule has 0 aromatic heterocycles. The van der Waals surface area contributed by atoms with Gasteiger partial charge in [-0.1, -0.05) is 43.3 Å². The van der Waals surface area contributed by atoms with Crippen molar-refractivity contribution in [3.8, 4) is 0 Å². The van der Waals surface area contributed by atoms with Crippen molar-refractivity contribution in [1.82, 2.24) is 0 Å². The smallest absolute Gasteiger partial charge is 0.248 e. The molecule has 2 aromatic carbocycles. The first-order valence-corrected chi connectivity index (χ1v) is 6.35. The molecule has 0 aliphatic rings. The topological polar surface area (TPSA) is 55.1 Å². The van der Waals surface area contributed by atoms with E-state index in [1.165, 1.54) is 5.56 Å². The lowest BCUT2D eigenvalue weighted by Gasteiger charge is -2.14. The summed E-state index contributed by atoms with van der Waals surface area (Å²) in [6.07, 6.45) is 0. The summed E-state index contributed by atoms with van der Waals surface area (Å²) >= 11 is 0. The maximum Gasteiger partial charge on any atom is 0.248 e. The molecule has 0 fully saturated rings. The highest BCUT2D eigenvalue weighted by Gasteiger charge is 2.05. The lowest BCUT2D eigenvalue weighted by Crippen LogP contribution is -2.13. The minimum Gasteiger partial charge on any atom is -0.384 e. The molecule has 0 saturated carbocycles. The molecule has 0 saturated heterocycles. The van der Waals surface area contributed by atoms with Crippen LogP contribution in [0.5, 0.6) is 0 Å². The van der Waals surface area contributed by atoms with Crippen LogP contribution in [0, 0.1) is 0 Å². The van der Waals surface area contributed by atoms with Crippen molar-refractivity contribution >= 4 is 11.6 Å². The number of carbonyl (C=O) groups excluding carboxylic acids is 1. The van der Waals surface area contributed by atoms with Gasteiger partial charge in [0.2, 0.25) is 5.91 Å². The van der Waals surface area contributed by atoms with Crippen LogP contribution in [0.15, 0.2) is 54.6 Å². The second-order valence-corrected chi connectivity index (χ2v) is 4.64. The number of rotatable bonds is 5. The average molecular weight is 254 g/mol. The number of hydrogen-bond donors (Lipinski definition) is 2. The number of hydrogen-bond acceptors (Lipinski definition) is 2. The SMILES string of the molecule is CC(CNc1cccc(C(N)=O)c1)c1ccccc1. The Hall–Kier alpha value is -2.29. The summed E-state index contributed by atoms with van der Waals surface area (Å²) in [5.41, 5.74) is 8.00. The van der Waals surface area contributed by atoms with Crippen LogP contribution in [-0.4, -0.2) is 12.5 Å². The quantitative estimate of drug-likeness (QED) is 0.861. The molecule has 0 heterocycles. The number of primary amides is 1. The monoisotopic (exact) mass is 254 g/mol. The van der Waals surface area contributed by atoms with E-state index in [-0.39, 0.29) is 0 Å². The summed E-state index contributed by atoms with van der Waals surface area (Å²) in [7, 11) is 0. The zero-order valence-corrected chi connectivity index (χ0v) is 11.0. The third-order valence-electron chi connectivity index (χ3n) is 3.13. The molecule has 0 aliphatic heterocycles. The normalized spacial score (nSPS) is 11.8. The Bertz CT molecular complexity index is 552. The molecule has 0 aliphatic carbocycles. The zero-order valence-electron chi connectivity index (χ0n) is 11.0. The summed E-state index contributed by atoms with van der Waals surface area (Å²) in [4.78, 5) is 11.1. The molecule has 0 bridgehead atoms. The van der Waals surface area contributed by atoms with Gasteiger partial charge in [-0.15, -0.1) is 0 Å². The third-order valence-corrected chi connectivity index (χ3v) is 3.13. The molecule has 1 amide bonds. The molecule has 98 valence electrons. The minimum absolute atomic E-state index is 0.401. The Labute approximate surface area is 113 Å². The lowest BCUT2D eigenvalue weighted by atomic mass is 10.0. The molecular formula is C16H18N2O. The number of amides is 1. The van der Waals surface area contributed by atoms with Crippen molar-refractivity contribution in [3.05, 3.63) is 65.7 Å². The summed E-state index contributed by atoms with van der Waals surface area (Å²) in [6.45, 7) is 2.98. The standard InChI is InChI=1S/C16H18N2O/c1-12(13-6-3-2-4-7-13)11-18-15-9-5-8-14(10-15)16(17)19/h2-10,12,18H,11H2,1H3,(H2,17,19). The Morgan fingerprint density at radius 2 is 1.89 bits per heavy atom. The van der Waals surface area contributed by atoms with E-state index < -0.39 is 5.91 Å². The van der Waals surface area contributed by atoms with Crippen molar-refractivity contribution in [3.63, 3.8) is 0 Å². The fourth-order valence-electron chi connectivity index (χ4n) is 1.95. The van der Waals surface area contributed by atoms with Crippen LogP contribution in [0.2, 0.25) is 0 Å². The van der Waals surface area contributed by atoms with E-state index in [1.807, 2.05) is 30.3 Å². The van der Waals surface area contributed by atoms with Crippen molar-refractivity contribution in [2.75, 3.05) is 11.9 Å². The van der Waals surface area contributed by atoms with Crippen LogP contribution in [0.3, 0.4) is 0 Å². The summed E-state index contributed by atoms with van der Waals surface area (Å²) in [5.74, 6) is -0.00167. The van der Waals surface area contributed by atoms with Crippen LogP contribution >= 0.6 is 0 Å². The van der Waals surface area contributed by atoms with Gasteiger partial charge in [-0.25, -0.2) is 0 Å². The molecule has 2 aromatic rings. The van der Waals surface area contributed by atoms with Gasteiger partial charge in [0.1, 0.15) is 0 Å². The van der Waals surface area contributed by atoms with Gasteiger partial charge in [0, 0.05) is 17.8 Å². The van der Waals surface area contributed by atoms with Crippen molar-refractivity contribution in [2.45, 2.75) is 12.8 Å². The average Bonchev–Trinajstić information content (AvgIpc) is 2.46. The Morgan fingerprint density at radius 3 is 2.58 bits per heavy atom. The van der Waals surface area contributed by atoms with Gasteiger partial charge in [-0.05, 0) is 29.7 Å². The predicted octanol–water partition coefficient (Wildman–Crippen LogP) is 3.00. The van der Waals surface area contributed by atoms with Crippen LogP contribution < -0.4 is 11.1 Å². The van der Waals surface area contributed by atoms with E-state index in [4.69, 9.17) is 5.73 Å². The van der Waals surface area contributed by atoms with Gasteiger partial charge in [0.25, 0.3) is 0 Å². The lowest BCUT2D eigenvalue weighted by molar-refractivity contribution is 0.100. The zero-order chi connectivity index (χ0) is 13.7. The fraction of sp³-hybridized carbons (Fsp3) is 0.188. The highest BCUT2D eigenvalue weighted by Crippen LogP contribution is 2.16. The summed E-state index contributed by atoms with van der Waals surface area (Å²) in [6, 6.07) is 17.6. The van der Waals surface area contributed by atoms with E-state index in [2.05, 4.69) is 24.4 Å². The van der Waals surface area contributed by atoms with E-state index in [0.717, 1.165) is 12.2 Å². The highest BCUT2D eigenvalue weighted by molar-refractivity contribution is 5.93. The Morgan fingerprint density at radius 1 is 1.16 bits per heavy atom. The third kappa shape index (κ3) is 3.58. The number of nitrogens with two attached hydrogens (primary N) is 1. The van der Waals surface area contributed by atoms with E-state index in [1.54, 1.807) is 12.1 Å². The maximum absolute atomic E-state index is 11.1. The molecule has 2 rings (SSSR count). The van der Waals surface area contributed by atoms with Crippen molar-refractivity contribution in [2.24, 2.45) is 5.73 Å². The van der Waals surface area contributed by atoms with Gasteiger partial charge in [-0.3, -0.25) is 4.79 Å². The van der Waals surface area contributed by atoms with Crippen LogP contribution in [0.1, 0.15) is 28.8 Å². The van der Waals surface area contributed by atoms with Gasteiger partial charge in [-0.2, -0.15) is 0 Å². The Kier molecular flexibility index (Phi) is 4.18. The molecule has 0 spiro atoms. The summed E-state index contributed by atoms with van der Waals surface area (Å²) in [5, 5.41) is 3.33. The van der Waals surface area contributed by atoms with Crippen molar-refractivity contribution < 1.29 is 4.79 Å². The van der Waals surface area contributed by atoms with E-state index in [0.29, 0.717) is 11.5 Å². The number of anilines is 1.